The summed E-state index contributed by atoms with van der Waals surface area (Å²) in [6.45, 7) is 2.99. The van der Waals surface area contributed by atoms with Crippen LogP contribution in [0.4, 0.5) is 0 Å². The first-order valence-electron chi connectivity index (χ1n) is 8.62. The minimum Gasteiger partial charge on any atom is -0.481 e. The molecule has 0 unspecified atom stereocenters. The van der Waals surface area contributed by atoms with Crippen molar-refractivity contribution in [3.05, 3.63) is 0 Å². The van der Waals surface area contributed by atoms with Crippen molar-refractivity contribution < 1.29 is 14.7 Å². The van der Waals surface area contributed by atoms with Crippen LogP contribution >= 0.6 is 0 Å². The van der Waals surface area contributed by atoms with Gasteiger partial charge in [0.25, 0.3) is 0 Å². The van der Waals surface area contributed by atoms with Gasteiger partial charge in [0.05, 0.1) is 11.8 Å². The minimum absolute atomic E-state index is 0.0280. The first-order chi connectivity index (χ1) is 10.1. The third-order valence-electron chi connectivity index (χ3n) is 5.53. The summed E-state index contributed by atoms with van der Waals surface area (Å²) in [4.78, 5) is 23.6. The Bertz CT molecular complexity index is 361. The van der Waals surface area contributed by atoms with Crippen molar-refractivity contribution in [1.82, 2.24) is 5.32 Å². The van der Waals surface area contributed by atoms with E-state index < -0.39 is 11.9 Å². The summed E-state index contributed by atoms with van der Waals surface area (Å²) in [6, 6.07) is 0. The van der Waals surface area contributed by atoms with Gasteiger partial charge in [0.1, 0.15) is 0 Å². The van der Waals surface area contributed by atoms with Gasteiger partial charge < -0.3 is 10.4 Å². The van der Waals surface area contributed by atoms with Crippen molar-refractivity contribution in [2.45, 2.75) is 64.7 Å². The molecule has 2 aliphatic rings. The van der Waals surface area contributed by atoms with Gasteiger partial charge in [-0.3, -0.25) is 9.59 Å². The van der Waals surface area contributed by atoms with Crippen molar-refractivity contribution in [2.75, 3.05) is 6.54 Å². The Kier molecular flexibility index (Phi) is 6.07. The predicted octanol–water partition coefficient (Wildman–Crippen LogP) is 3.21. The molecule has 0 aromatic carbocycles. The molecule has 4 heteroatoms. The molecule has 0 spiro atoms. The van der Waals surface area contributed by atoms with Crippen molar-refractivity contribution in [1.29, 1.82) is 0 Å². The summed E-state index contributed by atoms with van der Waals surface area (Å²) in [5.41, 5.74) is 0. The topological polar surface area (TPSA) is 66.4 Å². The van der Waals surface area contributed by atoms with E-state index in [0.717, 1.165) is 31.7 Å². The fourth-order valence-electron chi connectivity index (χ4n) is 3.96. The van der Waals surface area contributed by atoms with Crippen LogP contribution in [-0.2, 0) is 9.59 Å². The van der Waals surface area contributed by atoms with E-state index in [1.807, 2.05) is 0 Å². The lowest BCUT2D eigenvalue weighted by Crippen LogP contribution is -2.41. The van der Waals surface area contributed by atoms with Gasteiger partial charge in [0.15, 0.2) is 0 Å². The fourth-order valence-corrected chi connectivity index (χ4v) is 3.96. The van der Waals surface area contributed by atoms with Crippen molar-refractivity contribution >= 4 is 11.9 Å². The number of carboxylic acids is 1. The monoisotopic (exact) mass is 295 g/mol. The molecular weight excluding hydrogens is 266 g/mol. The second kappa shape index (κ2) is 7.81. The van der Waals surface area contributed by atoms with Gasteiger partial charge >= 0.3 is 5.97 Å². The van der Waals surface area contributed by atoms with Gasteiger partial charge in [0, 0.05) is 6.54 Å². The Labute approximate surface area is 127 Å². The van der Waals surface area contributed by atoms with Crippen LogP contribution in [0.15, 0.2) is 0 Å². The fraction of sp³-hybridized carbons (Fsp3) is 0.882. The number of hydrogen-bond acceptors (Lipinski definition) is 2. The lowest BCUT2D eigenvalue weighted by molar-refractivity contribution is -0.149. The molecule has 2 atom stereocenters. The number of aliphatic carboxylic acids is 1. The highest BCUT2D eigenvalue weighted by molar-refractivity contribution is 5.84. The molecule has 21 heavy (non-hydrogen) atoms. The smallest absolute Gasteiger partial charge is 0.307 e. The Morgan fingerprint density at radius 3 is 2.10 bits per heavy atom. The highest BCUT2D eigenvalue weighted by Gasteiger charge is 2.35. The predicted molar refractivity (Wildman–Crippen MR) is 81.8 cm³/mol. The van der Waals surface area contributed by atoms with Gasteiger partial charge in [-0.2, -0.15) is 0 Å². The molecule has 0 saturated heterocycles. The lowest BCUT2D eigenvalue weighted by atomic mass is 9.78. The maximum atomic E-state index is 12.3. The van der Waals surface area contributed by atoms with Crippen LogP contribution in [0.3, 0.4) is 0 Å². The van der Waals surface area contributed by atoms with E-state index in [-0.39, 0.29) is 11.8 Å². The Morgan fingerprint density at radius 1 is 0.952 bits per heavy atom. The SMILES string of the molecule is CCC1CCC(CNC(=O)[C@@H]2CCCC[C@@H]2C(=O)O)CC1. The average Bonchev–Trinajstić information content (AvgIpc) is 2.53. The van der Waals surface area contributed by atoms with Crippen LogP contribution in [-0.4, -0.2) is 23.5 Å². The minimum atomic E-state index is -0.807. The number of nitrogens with one attached hydrogen (secondary N) is 1. The van der Waals surface area contributed by atoms with Gasteiger partial charge in [-0.05, 0) is 37.5 Å². The number of rotatable bonds is 5. The van der Waals surface area contributed by atoms with Gasteiger partial charge in [0.2, 0.25) is 5.91 Å². The zero-order chi connectivity index (χ0) is 15.2. The zero-order valence-electron chi connectivity index (χ0n) is 13.1. The summed E-state index contributed by atoms with van der Waals surface area (Å²) in [6.07, 6.45) is 9.50. The third kappa shape index (κ3) is 4.45. The molecule has 4 nitrogen and oxygen atoms in total. The van der Waals surface area contributed by atoms with Crippen molar-refractivity contribution in [3.8, 4) is 0 Å². The number of carbonyl (C=O) groups is 2. The zero-order valence-corrected chi connectivity index (χ0v) is 13.1. The highest BCUT2D eigenvalue weighted by Crippen LogP contribution is 2.32. The molecule has 2 fully saturated rings. The maximum absolute atomic E-state index is 12.3. The van der Waals surface area contributed by atoms with Crippen molar-refractivity contribution in [3.63, 3.8) is 0 Å². The Morgan fingerprint density at radius 2 is 1.52 bits per heavy atom. The van der Waals surface area contributed by atoms with Gasteiger partial charge in [-0.25, -0.2) is 0 Å². The largest absolute Gasteiger partial charge is 0.481 e. The molecule has 0 aliphatic heterocycles. The molecule has 2 aliphatic carbocycles. The number of carboxylic acid groups (broad SMARTS) is 1. The van der Waals surface area contributed by atoms with E-state index in [9.17, 15) is 14.7 Å². The molecular formula is C17H29NO3. The van der Waals surface area contributed by atoms with E-state index in [1.54, 1.807) is 0 Å². The molecule has 1 amide bonds. The van der Waals surface area contributed by atoms with Crippen LogP contribution < -0.4 is 5.32 Å². The standard InChI is InChI=1S/C17H29NO3/c1-2-12-7-9-13(10-8-12)11-18-16(19)14-5-3-4-6-15(14)17(20)21/h12-15H,2-11H2,1H3,(H,18,19)(H,20,21)/t12?,13?,14-,15+/m1/s1. The summed E-state index contributed by atoms with van der Waals surface area (Å²) in [5, 5.41) is 12.3. The van der Waals surface area contributed by atoms with Crippen LogP contribution in [0.2, 0.25) is 0 Å². The van der Waals surface area contributed by atoms with Gasteiger partial charge in [-0.1, -0.05) is 39.0 Å². The number of hydrogen-bond donors (Lipinski definition) is 2. The number of carbonyl (C=O) groups excluding carboxylic acids is 1. The Balaban J connectivity index is 1.77. The van der Waals surface area contributed by atoms with E-state index >= 15 is 0 Å². The maximum Gasteiger partial charge on any atom is 0.307 e. The van der Waals surface area contributed by atoms with E-state index in [1.165, 1.54) is 32.1 Å². The molecule has 120 valence electrons. The van der Waals surface area contributed by atoms with Gasteiger partial charge in [-0.15, -0.1) is 0 Å². The number of amides is 1. The summed E-state index contributed by atoms with van der Waals surface area (Å²) in [7, 11) is 0. The second-order valence-corrected chi connectivity index (χ2v) is 6.88. The lowest BCUT2D eigenvalue weighted by Gasteiger charge is -2.30. The van der Waals surface area contributed by atoms with E-state index in [0.29, 0.717) is 12.3 Å². The summed E-state index contributed by atoms with van der Waals surface area (Å²) < 4.78 is 0. The first kappa shape index (κ1) is 16.3. The Hall–Kier alpha value is -1.06. The molecule has 0 bridgehead atoms. The quantitative estimate of drug-likeness (QED) is 0.818. The molecule has 0 aromatic heterocycles. The molecule has 2 rings (SSSR count). The molecule has 0 radical (unpaired) electrons. The third-order valence-corrected chi connectivity index (χ3v) is 5.53. The average molecular weight is 295 g/mol. The molecule has 2 N–H and O–H groups in total. The molecule has 0 heterocycles. The summed E-state index contributed by atoms with van der Waals surface area (Å²) >= 11 is 0. The normalized spacial score (nSPS) is 33.4. The van der Waals surface area contributed by atoms with Crippen molar-refractivity contribution in [2.24, 2.45) is 23.7 Å². The first-order valence-corrected chi connectivity index (χ1v) is 8.62. The van der Waals surface area contributed by atoms with Crippen LogP contribution in [0, 0.1) is 23.7 Å². The molecule has 0 aromatic rings. The summed E-state index contributed by atoms with van der Waals surface area (Å²) in [5.74, 6) is -0.175. The van der Waals surface area contributed by atoms with Crippen LogP contribution in [0.5, 0.6) is 0 Å². The van der Waals surface area contributed by atoms with E-state index in [4.69, 9.17) is 0 Å². The highest BCUT2D eigenvalue weighted by atomic mass is 16.4. The van der Waals surface area contributed by atoms with E-state index in [2.05, 4.69) is 12.2 Å². The van der Waals surface area contributed by atoms with Crippen LogP contribution in [0.25, 0.3) is 0 Å². The van der Waals surface area contributed by atoms with Crippen LogP contribution in [0.1, 0.15) is 64.7 Å². The second-order valence-electron chi connectivity index (χ2n) is 6.88. The molecule has 2 saturated carbocycles.